The highest BCUT2D eigenvalue weighted by Gasteiger charge is 2.42. The summed E-state index contributed by atoms with van der Waals surface area (Å²) in [5, 5.41) is 25.6. The monoisotopic (exact) mass is 585 g/mol. The zero-order valence-corrected chi connectivity index (χ0v) is 23.6. The highest BCUT2D eigenvalue weighted by molar-refractivity contribution is 7.22. The Morgan fingerprint density at radius 3 is 2.49 bits per heavy atom. The zero-order chi connectivity index (χ0) is 26.7. The number of ether oxygens (including phenoxy) is 1. The largest absolute Gasteiger partial charge is 0.373 e. The minimum atomic E-state index is -1.48. The molecule has 2 aliphatic carbocycles. The fraction of sp³-hybridized carbons (Fsp3) is 0.448. The zero-order valence-electron chi connectivity index (χ0n) is 21.2. The molecule has 3 fully saturated rings. The summed E-state index contributed by atoms with van der Waals surface area (Å²) in [5.41, 5.74) is 3.74. The number of fused-ring (bicyclic) bond motifs is 3. The van der Waals surface area contributed by atoms with E-state index in [4.69, 9.17) is 37.4 Å². The van der Waals surface area contributed by atoms with Crippen LogP contribution in [0.4, 0.5) is 5.13 Å². The number of benzene rings is 2. The highest BCUT2D eigenvalue weighted by Crippen LogP contribution is 2.47. The van der Waals surface area contributed by atoms with E-state index in [1.807, 2.05) is 30.3 Å². The molecule has 7 nitrogen and oxygen atoms in total. The van der Waals surface area contributed by atoms with E-state index >= 15 is 0 Å². The first-order valence-electron chi connectivity index (χ1n) is 13.5. The van der Waals surface area contributed by atoms with Crippen LogP contribution in [0.25, 0.3) is 21.5 Å². The molecule has 2 unspecified atom stereocenters. The average molecular weight is 587 g/mol. The van der Waals surface area contributed by atoms with Crippen molar-refractivity contribution in [2.24, 2.45) is 11.8 Å². The van der Waals surface area contributed by atoms with Gasteiger partial charge < -0.3 is 24.4 Å². The van der Waals surface area contributed by atoms with Gasteiger partial charge in [-0.25, -0.2) is 4.98 Å². The Balaban J connectivity index is 1.12. The van der Waals surface area contributed by atoms with Gasteiger partial charge in [0.2, 0.25) is 0 Å². The smallest absolute Gasteiger partial charge is 0.186 e. The number of hydrogen-bond acceptors (Lipinski definition) is 8. The van der Waals surface area contributed by atoms with Gasteiger partial charge >= 0.3 is 0 Å². The molecule has 2 aromatic heterocycles. The minimum absolute atomic E-state index is 0.150. The highest BCUT2D eigenvalue weighted by atomic mass is 35.5. The lowest BCUT2D eigenvalue weighted by Gasteiger charge is -2.47. The van der Waals surface area contributed by atoms with Crippen LogP contribution < -0.4 is 4.90 Å². The summed E-state index contributed by atoms with van der Waals surface area (Å²) >= 11 is 14.7. The molecule has 204 valence electrons. The first-order chi connectivity index (χ1) is 19.0. The van der Waals surface area contributed by atoms with Crippen molar-refractivity contribution in [3.8, 4) is 11.3 Å². The minimum Gasteiger partial charge on any atom is -0.373 e. The summed E-state index contributed by atoms with van der Waals surface area (Å²) in [6, 6.07) is 10.9. The molecule has 3 aliphatic rings. The number of thiazole rings is 1. The van der Waals surface area contributed by atoms with E-state index in [1.165, 1.54) is 6.42 Å². The summed E-state index contributed by atoms with van der Waals surface area (Å²) in [6.45, 7) is 2.20. The van der Waals surface area contributed by atoms with Crippen molar-refractivity contribution in [2.45, 2.75) is 57.0 Å². The molecule has 2 bridgehead atoms. The third-order valence-electron chi connectivity index (χ3n) is 8.35. The Kier molecular flexibility index (Phi) is 6.82. The Bertz CT molecular complexity index is 1480. The number of piperidine rings is 1. The van der Waals surface area contributed by atoms with Crippen LogP contribution in [0, 0.1) is 11.8 Å². The summed E-state index contributed by atoms with van der Waals surface area (Å²) in [4.78, 5) is 7.26. The van der Waals surface area contributed by atoms with E-state index in [1.54, 1.807) is 17.4 Å². The predicted octanol–water partition coefficient (Wildman–Crippen LogP) is 6.94. The van der Waals surface area contributed by atoms with Gasteiger partial charge in [-0.15, -0.1) is 0 Å². The van der Waals surface area contributed by atoms with Gasteiger partial charge in [-0.3, -0.25) is 0 Å². The number of aliphatic hydroxyl groups is 2. The fourth-order valence-corrected chi connectivity index (χ4v) is 7.88. The molecule has 2 atom stereocenters. The molecule has 1 saturated heterocycles. The maximum absolute atomic E-state index is 9.55. The molecule has 0 spiro atoms. The van der Waals surface area contributed by atoms with Crippen LogP contribution in [0.3, 0.4) is 0 Å². The number of hydrogen-bond donors (Lipinski definition) is 2. The van der Waals surface area contributed by atoms with E-state index in [0.29, 0.717) is 51.2 Å². The van der Waals surface area contributed by atoms with E-state index in [-0.39, 0.29) is 6.10 Å². The predicted molar refractivity (Wildman–Crippen MR) is 152 cm³/mol. The third-order valence-corrected chi connectivity index (χ3v) is 10.1. The molecule has 2 aromatic carbocycles. The maximum Gasteiger partial charge on any atom is 0.186 e. The molecule has 10 heteroatoms. The van der Waals surface area contributed by atoms with Crippen LogP contribution in [-0.4, -0.2) is 39.5 Å². The van der Waals surface area contributed by atoms with Crippen LogP contribution in [0.15, 0.2) is 40.9 Å². The van der Waals surface area contributed by atoms with Gasteiger partial charge in [-0.05, 0) is 49.9 Å². The number of nitrogens with zero attached hydrogens (tertiary/aromatic N) is 3. The second kappa shape index (κ2) is 10.3. The Morgan fingerprint density at radius 1 is 1.05 bits per heavy atom. The molecule has 4 aromatic rings. The van der Waals surface area contributed by atoms with Crippen LogP contribution in [0.2, 0.25) is 10.0 Å². The van der Waals surface area contributed by atoms with Crippen molar-refractivity contribution >= 4 is 49.9 Å². The van der Waals surface area contributed by atoms with Crippen molar-refractivity contribution in [1.82, 2.24) is 10.1 Å². The van der Waals surface area contributed by atoms with Crippen LogP contribution in [-0.2, 0) is 11.3 Å². The lowest BCUT2D eigenvalue weighted by Crippen LogP contribution is -2.52. The van der Waals surface area contributed by atoms with Crippen LogP contribution in [0.1, 0.15) is 61.2 Å². The second-order valence-electron chi connectivity index (χ2n) is 11.0. The number of aliphatic hydroxyl groups excluding tert-OH is 1. The van der Waals surface area contributed by atoms with E-state index in [0.717, 1.165) is 65.4 Å². The fourth-order valence-electron chi connectivity index (χ4n) is 6.27. The van der Waals surface area contributed by atoms with Crippen molar-refractivity contribution in [3.63, 3.8) is 0 Å². The van der Waals surface area contributed by atoms with Gasteiger partial charge in [0.25, 0.3) is 0 Å². The maximum atomic E-state index is 9.55. The SMILES string of the molecule is OC(O)c1ccc2nc(N3CC4CCCC(C3)C4OCc3c(-c4c(Cl)cccc4Cl)noc3C3CC3)sc2c1. The molecule has 2 N–H and O–H groups in total. The van der Waals surface area contributed by atoms with E-state index < -0.39 is 6.29 Å². The van der Waals surface area contributed by atoms with Gasteiger partial charge in [-0.2, -0.15) is 0 Å². The van der Waals surface area contributed by atoms with Crippen molar-refractivity contribution in [3.05, 3.63) is 63.3 Å². The summed E-state index contributed by atoms with van der Waals surface area (Å²) < 4.78 is 13.6. The molecule has 1 aliphatic heterocycles. The molecule has 2 saturated carbocycles. The standard InChI is InChI=1S/C29H29Cl2N3O4S/c30-20-5-2-6-21(31)24(20)25-19(27(38-33-25)15-7-8-15)14-37-26-17-3-1-4-18(26)13-34(12-17)29-32-22-10-9-16(28(35)36)11-23(22)39-29/h2,5-6,9-11,15,17-18,26,28,35-36H,1,3-4,7-8,12-14H2. The van der Waals surface area contributed by atoms with Crippen molar-refractivity contribution in [1.29, 1.82) is 0 Å². The first-order valence-corrected chi connectivity index (χ1v) is 15.1. The van der Waals surface area contributed by atoms with E-state index in [9.17, 15) is 10.2 Å². The Morgan fingerprint density at radius 2 is 1.79 bits per heavy atom. The average Bonchev–Trinajstić information content (AvgIpc) is 3.53. The molecule has 0 amide bonds. The number of halogens is 2. The molecule has 7 rings (SSSR count). The van der Waals surface area contributed by atoms with E-state index in [2.05, 4.69) is 10.1 Å². The van der Waals surface area contributed by atoms with Crippen molar-refractivity contribution < 1.29 is 19.5 Å². The molecular weight excluding hydrogens is 557 g/mol. The number of aromatic nitrogens is 2. The number of rotatable bonds is 7. The lowest BCUT2D eigenvalue weighted by atomic mass is 9.75. The van der Waals surface area contributed by atoms with Gasteiger partial charge in [0.1, 0.15) is 11.5 Å². The van der Waals surface area contributed by atoms with Gasteiger partial charge in [0, 0.05) is 47.5 Å². The summed E-state index contributed by atoms with van der Waals surface area (Å²) in [7, 11) is 0. The van der Waals surface area contributed by atoms with Gasteiger partial charge in [0.15, 0.2) is 11.4 Å². The topological polar surface area (TPSA) is 91.9 Å². The molecule has 0 radical (unpaired) electrons. The third kappa shape index (κ3) is 4.85. The molecule has 3 heterocycles. The lowest BCUT2D eigenvalue weighted by molar-refractivity contribution is -0.0650. The first kappa shape index (κ1) is 25.7. The molecular formula is C29H29Cl2N3O4S. The summed E-state index contributed by atoms with van der Waals surface area (Å²) in [5.74, 6) is 2.09. The van der Waals surface area contributed by atoms with Gasteiger partial charge in [-0.1, -0.05) is 58.2 Å². The Labute approximate surface area is 240 Å². The van der Waals surface area contributed by atoms with Gasteiger partial charge in [0.05, 0.1) is 33.0 Å². The quantitative estimate of drug-likeness (QED) is 0.227. The normalized spacial score (nSPS) is 23.2. The molecule has 39 heavy (non-hydrogen) atoms. The second-order valence-corrected chi connectivity index (χ2v) is 12.8. The Hall–Kier alpha value is -2.20. The van der Waals surface area contributed by atoms with Crippen LogP contribution >= 0.6 is 34.5 Å². The summed E-state index contributed by atoms with van der Waals surface area (Å²) in [6.07, 6.45) is 4.31. The van der Waals surface area contributed by atoms with Crippen molar-refractivity contribution in [2.75, 3.05) is 18.0 Å². The number of anilines is 1. The van der Waals surface area contributed by atoms with Crippen LogP contribution in [0.5, 0.6) is 0 Å².